The van der Waals surface area contributed by atoms with Gasteiger partial charge in [0, 0.05) is 21.3 Å². The van der Waals surface area contributed by atoms with Gasteiger partial charge in [0.05, 0.1) is 22.3 Å². The molecule has 1 amide bonds. The third kappa shape index (κ3) is 4.46. The maximum Gasteiger partial charge on any atom is 0.238 e. The Kier molecular flexibility index (Phi) is 5.86. The van der Waals surface area contributed by atoms with Crippen LogP contribution in [0, 0.1) is 0 Å². The van der Waals surface area contributed by atoms with Crippen LogP contribution >= 0.6 is 50.5 Å². The highest BCUT2D eigenvalue weighted by Crippen LogP contribution is 2.29. The van der Waals surface area contributed by atoms with Gasteiger partial charge in [-0.05, 0) is 34.1 Å². The second kappa shape index (κ2) is 7.43. The van der Waals surface area contributed by atoms with Crippen LogP contribution in [0.15, 0.2) is 34.1 Å². The minimum absolute atomic E-state index is 0.185. The summed E-state index contributed by atoms with van der Waals surface area (Å²) >= 11 is 17.0. The number of hydrogen-bond acceptors (Lipinski definition) is 3. The van der Waals surface area contributed by atoms with E-state index in [0.29, 0.717) is 22.3 Å². The van der Waals surface area contributed by atoms with Crippen molar-refractivity contribution in [2.75, 3.05) is 11.9 Å². The molecule has 0 unspecified atom stereocenters. The van der Waals surface area contributed by atoms with Crippen molar-refractivity contribution in [2.45, 2.75) is 6.54 Å². The number of hydrogen-bond donors (Lipinski definition) is 2. The first kappa shape index (κ1) is 15.8. The van der Waals surface area contributed by atoms with E-state index in [1.807, 2.05) is 11.4 Å². The fourth-order valence-electron chi connectivity index (χ4n) is 1.55. The average molecular weight is 394 g/mol. The van der Waals surface area contributed by atoms with Crippen LogP contribution in [0.4, 0.5) is 5.69 Å². The molecule has 0 atom stereocenters. The average Bonchev–Trinajstić information content (AvgIpc) is 2.80. The van der Waals surface area contributed by atoms with Crippen molar-refractivity contribution < 1.29 is 4.79 Å². The first-order chi connectivity index (χ1) is 9.56. The number of thiophene rings is 1. The van der Waals surface area contributed by atoms with Crippen molar-refractivity contribution in [1.29, 1.82) is 0 Å². The monoisotopic (exact) mass is 392 g/mol. The lowest BCUT2D eigenvalue weighted by Gasteiger charge is -2.09. The molecule has 1 aromatic carbocycles. The van der Waals surface area contributed by atoms with Gasteiger partial charge in [0.15, 0.2) is 0 Å². The highest BCUT2D eigenvalue weighted by atomic mass is 79.9. The topological polar surface area (TPSA) is 41.1 Å². The molecule has 1 aromatic heterocycles. The molecule has 3 nitrogen and oxygen atoms in total. The van der Waals surface area contributed by atoms with Crippen molar-refractivity contribution in [2.24, 2.45) is 0 Å². The molecule has 0 bridgehead atoms. The molecule has 0 fully saturated rings. The van der Waals surface area contributed by atoms with Crippen LogP contribution in [0.2, 0.25) is 10.0 Å². The van der Waals surface area contributed by atoms with E-state index < -0.39 is 0 Å². The van der Waals surface area contributed by atoms with Crippen LogP contribution in [0.5, 0.6) is 0 Å². The molecule has 1 heterocycles. The number of carbonyl (C=O) groups excluding carboxylic acids is 1. The molecule has 0 aliphatic heterocycles. The standard InChI is InChI=1S/C13H11BrCl2N2OS/c14-8-4-9(20-7-8)5-17-6-12(19)18-13-10(15)2-1-3-11(13)16/h1-4,7,17H,5-6H2,(H,18,19). The van der Waals surface area contributed by atoms with Gasteiger partial charge < -0.3 is 10.6 Å². The molecule has 0 aliphatic rings. The van der Waals surface area contributed by atoms with Crippen LogP contribution in [-0.2, 0) is 11.3 Å². The molecule has 0 spiro atoms. The van der Waals surface area contributed by atoms with E-state index in [1.165, 1.54) is 0 Å². The summed E-state index contributed by atoms with van der Waals surface area (Å²) in [5.74, 6) is -0.185. The van der Waals surface area contributed by atoms with Crippen LogP contribution in [0.3, 0.4) is 0 Å². The van der Waals surface area contributed by atoms with Crippen LogP contribution in [-0.4, -0.2) is 12.5 Å². The quantitative estimate of drug-likeness (QED) is 0.782. The van der Waals surface area contributed by atoms with Crippen LogP contribution in [0.1, 0.15) is 4.88 Å². The van der Waals surface area contributed by atoms with E-state index in [1.54, 1.807) is 29.5 Å². The Bertz CT molecular complexity index is 598. The Morgan fingerprint density at radius 3 is 2.60 bits per heavy atom. The van der Waals surface area contributed by atoms with E-state index in [0.717, 1.165) is 9.35 Å². The molecule has 2 rings (SSSR count). The minimum atomic E-state index is -0.185. The normalized spacial score (nSPS) is 10.6. The molecule has 0 aliphatic carbocycles. The van der Waals surface area contributed by atoms with Crippen molar-refractivity contribution in [3.8, 4) is 0 Å². The van der Waals surface area contributed by atoms with Crippen molar-refractivity contribution >= 4 is 62.1 Å². The zero-order valence-corrected chi connectivity index (χ0v) is 14.2. The summed E-state index contributed by atoms with van der Waals surface area (Å²) in [5.41, 5.74) is 0.446. The Labute approximate surface area is 139 Å². The van der Waals surface area contributed by atoms with Gasteiger partial charge in [-0.2, -0.15) is 0 Å². The molecular weight excluding hydrogens is 383 g/mol. The van der Waals surface area contributed by atoms with E-state index >= 15 is 0 Å². The smallest absolute Gasteiger partial charge is 0.238 e. The Hall–Kier alpha value is -0.590. The predicted octanol–water partition coefficient (Wildman–Crippen LogP) is 4.55. The fourth-order valence-corrected chi connectivity index (χ4v) is 3.46. The summed E-state index contributed by atoms with van der Waals surface area (Å²) < 4.78 is 1.05. The van der Waals surface area contributed by atoms with Crippen molar-refractivity contribution in [3.63, 3.8) is 0 Å². The summed E-state index contributed by atoms with van der Waals surface area (Å²) in [6.07, 6.45) is 0. The number of amides is 1. The summed E-state index contributed by atoms with van der Waals surface area (Å²) in [7, 11) is 0. The van der Waals surface area contributed by atoms with Gasteiger partial charge in [0.2, 0.25) is 5.91 Å². The largest absolute Gasteiger partial charge is 0.322 e. The van der Waals surface area contributed by atoms with Gasteiger partial charge >= 0.3 is 0 Å². The summed E-state index contributed by atoms with van der Waals surface area (Å²) in [5, 5.41) is 8.61. The van der Waals surface area contributed by atoms with Gasteiger partial charge in [0.25, 0.3) is 0 Å². The summed E-state index contributed by atoms with van der Waals surface area (Å²) in [6, 6.07) is 7.10. The number of carbonyl (C=O) groups is 1. The Balaban J connectivity index is 1.84. The van der Waals surface area contributed by atoms with Crippen LogP contribution in [0.25, 0.3) is 0 Å². The molecule has 0 saturated carbocycles. The molecular formula is C13H11BrCl2N2OS. The maximum atomic E-state index is 11.8. The van der Waals surface area contributed by atoms with E-state index in [9.17, 15) is 4.79 Å². The number of halogens is 3. The Morgan fingerprint density at radius 2 is 2.00 bits per heavy atom. The van der Waals surface area contributed by atoms with E-state index in [4.69, 9.17) is 23.2 Å². The maximum absolute atomic E-state index is 11.8. The lowest BCUT2D eigenvalue weighted by Crippen LogP contribution is -2.27. The van der Waals surface area contributed by atoms with Crippen molar-refractivity contribution in [1.82, 2.24) is 5.32 Å². The second-order valence-corrected chi connectivity index (χ2v) is 6.71. The highest BCUT2D eigenvalue weighted by Gasteiger charge is 2.09. The SMILES string of the molecule is O=C(CNCc1cc(Br)cs1)Nc1c(Cl)cccc1Cl. The van der Waals surface area contributed by atoms with Gasteiger partial charge in [-0.1, -0.05) is 29.3 Å². The molecule has 2 aromatic rings. The predicted molar refractivity (Wildman–Crippen MR) is 88.8 cm³/mol. The van der Waals surface area contributed by atoms with E-state index in [-0.39, 0.29) is 12.5 Å². The third-order valence-electron chi connectivity index (χ3n) is 2.43. The number of nitrogens with one attached hydrogen (secondary N) is 2. The molecule has 0 saturated heterocycles. The van der Waals surface area contributed by atoms with Crippen LogP contribution < -0.4 is 10.6 Å². The first-order valence-electron chi connectivity index (χ1n) is 5.74. The van der Waals surface area contributed by atoms with Crippen molar-refractivity contribution in [3.05, 3.63) is 49.0 Å². The van der Waals surface area contributed by atoms with Gasteiger partial charge in [-0.25, -0.2) is 0 Å². The summed E-state index contributed by atoms with van der Waals surface area (Å²) in [6.45, 7) is 0.830. The number of rotatable bonds is 5. The molecule has 106 valence electrons. The molecule has 20 heavy (non-hydrogen) atoms. The lowest BCUT2D eigenvalue weighted by molar-refractivity contribution is -0.115. The van der Waals surface area contributed by atoms with Gasteiger partial charge in [-0.15, -0.1) is 11.3 Å². The minimum Gasteiger partial charge on any atom is -0.322 e. The zero-order valence-electron chi connectivity index (χ0n) is 10.3. The molecule has 0 radical (unpaired) electrons. The lowest BCUT2D eigenvalue weighted by atomic mass is 10.3. The third-order valence-corrected chi connectivity index (χ3v) is 4.76. The number of anilines is 1. The fraction of sp³-hybridized carbons (Fsp3) is 0.154. The number of benzene rings is 1. The first-order valence-corrected chi connectivity index (χ1v) is 8.16. The van der Waals surface area contributed by atoms with Gasteiger partial charge in [-0.3, -0.25) is 4.79 Å². The highest BCUT2D eigenvalue weighted by molar-refractivity contribution is 9.10. The second-order valence-electron chi connectivity index (χ2n) is 3.98. The zero-order chi connectivity index (χ0) is 14.5. The molecule has 2 N–H and O–H groups in total. The van der Waals surface area contributed by atoms with Gasteiger partial charge in [0.1, 0.15) is 0 Å². The van der Waals surface area contributed by atoms with E-state index in [2.05, 4.69) is 26.6 Å². The number of para-hydroxylation sites is 1. The summed E-state index contributed by atoms with van der Waals surface area (Å²) in [4.78, 5) is 13.0. The Morgan fingerprint density at radius 1 is 1.30 bits per heavy atom. The molecule has 7 heteroatoms.